The lowest BCUT2D eigenvalue weighted by molar-refractivity contribution is -0.137. The van der Waals surface area contributed by atoms with Crippen molar-refractivity contribution in [1.29, 1.82) is 0 Å². The Kier molecular flexibility index (Phi) is 5.25. The van der Waals surface area contributed by atoms with Crippen molar-refractivity contribution in [1.82, 2.24) is 14.1 Å². The maximum absolute atomic E-state index is 15.1. The number of aliphatic carboxylic acids is 1. The number of nitrogens with zero attached hydrogens (tertiary/aromatic N) is 3. The smallest absolute Gasteiger partial charge is 0.304 e. The summed E-state index contributed by atoms with van der Waals surface area (Å²) in [4.78, 5) is 15.7. The van der Waals surface area contributed by atoms with Crippen molar-refractivity contribution in [3.63, 3.8) is 0 Å². The molecule has 0 saturated heterocycles. The molecule has 2 heterocycles. The minimum Gasteiger partial charge on any atom is -0.481 e. The number of carboxylic acids is 1. The summed E-state index contributed by atoms with van der Waals surface area (Å²) in [6, 6.07) is 10.2. The topological polar surface area (TPSA) is 60.0 Å². The first-order chi connectivity index (χ1) is 15.5. The maximum Gasteiger partial charge on any atom is 0.304 e. The van der Waals surface area contributed by atoms with Crippen LogP contribution in [-0.4, -0.2) is 25.2 Å². The van der Waals surface area contributed by atoms with Crippen molar-refractivity contribution in [2.45, 2.75) is 44.6 Å². The van der Waals surface area contributed by atoms with E-state index in [1.54, 1.807) is 12.5 Å². The van der Waals surface area contributed by atoms with Crippen LogP contribution in [0.15, 0.2) is 55.1 Å². The molecule has 0 spiro atoms. The highest BCUT2D eigenvalue weighted by atomic mass is 19.1. The molecule has 32 heavy (non-hydrogen) atoms. The zero-order valence-electron chi connectivity index (χ0n) is 17.5. The Balaban J connectivity index is 1.64. The second-order valence-electron chi connectivity index (χ2n) is 8.41. The van der Waals surface area contributed by atoms with Crippen molar-refractivity contribution >= 4 is 16.9 Å². The number of benzene rings is 2. The molecule has 1 aliphatic rings. The van der Waals surface area contributed by atoms with Gasteiger partial charge in [-0.2, -0.15) is 0 Å². The van der Waals surface area contributed by atoms with Crippen LogP contribution in [0.2, 0.25) is 0 Å². The van der Waals surface area contributed by atoms with Gasteiger partial charge in [-0.25, -0.2) is 13.8 Å². The summed E-state index contributed by atoms with van der Waals surface area (Å²) in [5.74, 6) is -2.34. The Labute approximate surface area is 183 Å². The van der Waals surface area contributed by atoms with Gasteiger partial charge in [-0.05, 0) is 48.6 Å². The van der Waals surface area contributed by atoms with E-state index in [-0.39, 0.29) is 12.3 Å². The normalized spacial score (nSPS) is 16.1. The van der Waals surface area contributed by atoms with Gasteiger partial charge in [-0.15, -0.1) is 0 Å². The van der Waals surface area contributed by atoms with Gasteiger partial charge in [0.1, 0.15) is 11.6 Å². The summed E-state index contributed by atoms with van der Waals surface area (Å²) in [6.07, 6.45) is 8.44. The molecule has 2 aromatic carbocycles. The highest BCUT2D eigenvalue weighted by molar-refractivity contribution is 5.87. The van der Waals surface area contributed by atoms with Crippen LogP contribution in [0, 0.1) is 11.6 Å². The molecular weight excluding hydrogens is 412 g/mol. The van der Waals surface area contributed by atoms with Crippen LogP contribution in [-0.2, 0) is 17.8 Å². The number of carbonyl (C=O) groups is 1. The van der Waals surface area contributed by atoms with Gasteiger partial charge >= 0.3 is 5.97 Å². The molecule has 0 amide bonds. The zero-order valence-corrected chi connectivity index (χ0v) is 17.5. The first-order valence-corrected chi connectivity index (χ1v) is 10.8. The highest BCUT2D eigenvalue weighted by Crippen LogP contribution is 2.40. The van der Waals surface area contributed by atoms with Crippen LogP contribution in [0.5, 0.6) is 0 Å². The average molecular weight is 435 g/mol. The molecule has 1 unspecified atom stereocenters. The fraction of sp³-hybridized carbons (Fsp3) is 0.280. The summed E-state index contributed by atoms with van der Waals surface area (Å²) in [5.41, 5.74) is 3.99. The molecule has 5 nitrogen and oxygen atoms in total. The Hall–Kier alpha value is -3.48. The molecule has 7 heteroatoms. The first kappa shape index (κ1) is 20.4. The molecule has 2 aromatic heterocycles. The summed E-state index contributed by atoms with van der Waals surface area (Å²) >= 11 is 0. The Morgan fingerprint density at radius 2 is 1.97 bits per heavy atom. The number of hydrogen-bond acceptors (Lipinski definition) is 2. The van der Waals surface area contributed by atoms with E-state index in [1.807, 2.05) is 39.6 Å². The van der Waals surface area contributed by atoms with Crippen LogP contribution >= 0.6 is 0 Å². The fourth-order valence-corrected chi connectivity index (χ4v) is 4.99. The lowest BCUT2D eigenvalue weighted by atomic mass is 9.94. The molecule has 0 aliphatic heterocycles. The lowest BCUT2D eigenvalue weighted by Gasteiger charge is -2.19. The van der Waals surface area contributed by atoms with Crippen LogP contribution < -0.4 is 0 Å². The predicted octanol–water partition coefficient (Wildman–Crippen LogP) is 5.44. The molecule has 0 fully saturated rings. The van der Waals surface area contributed by atoms with Crippen LogP contribution in [0.1, 0.15) is 48.4 Å². The van der Waals surface area contributed by atoms with Gasteiger partial charge in [0.25, 0.3) is 0 Å². The molecule has 1 atom stereocenters. The minimum absolute atomic E-state index is 0.0208. The van der Waals surface area contributed by atoms with Crippen molar-refractivity contribution in [2.24, 2.45) is 0 Å². The van der Waals surface area contributed by atoms with E-state index in [1.165, 1.54) is 6.07 Å². The van der Waals surface area contributed by atoms with E-state index >= 15 is 4.39 Å². The maximum atomic E-state index is 15.1. The van der Waals surface area contributed by atoms with Gasteiger partial charge in [0.15, 0.2) is 0 Å². The third-order valence-electron chi connectivity index (χ3n) is 6.34. The SMILES string of the molecule is O=C(O)CC1CCCCc2c1n(Cc1ccc(-n3ccnc3)cc1)c1c(F)cc(F)cc21. The Morgan fingerprint density at radius 3 is 2.69 bits per heavy atom. The quantitative estimate of drug-likeness (QED) is 0.425. The molecule has 5 rings (SSSR count). The number of halogens is 2. The van der Waals surface area contributed by atoms with Crippen molar-refractivity contribution in [2.75, 3.05) is 0 Å². The van der Waals surface area contributed by atoms with Gasteiger partial charge in [0, 0.05) is 47.7 Å². The molecule has 164 valence electrons. The number of fused-ring (bicyclic) bond motifs is 3. The Morgan fingerprint density at radius 1 is 1.16 bits per heavy atom. The lowest BCUT2D eigenvalue weighted by Crippen LogP contribution is -2.13. The molecule has 1 N–H and O–H groups in total. The van der Waals surface area contributed by atoms with Crippen molar-refractivity contribution < 1.29 is 18.7 Å². The van der Waals surface area contributed by atoms with E-state index in [9.17, 15) is 14.3 Å². The Bertz CT molecular complexity index is 1280. The third-order valence-corrected chi connectivity index (χ3v) is 6.34. The number of imidazole rings is 1. The van der Waals surface area contributed by atoms with Crippen LogP contribution in [0.4, 0.5) is 8.78 Å². The highest BCUT2D eigenvalue weighted by Gasteiger charge is 2.29. The van der Waals surface area contributed by atoms with Gasteiger partial charge in [-0.3, -0.25) is 4.79 Å². The number of carboxylic acid groups (broad SMARTS) is 1. The summed E-state index contributed by atoms with van der Waals surface area (Å²) in [7, 11) is 0. The van der Waals surface area contributed by atoms with Crippen molar-refractivity contribution in [3.8, 4) is 5.69 Å². The van der Waals surface area contributed by atoms with E-state index in [0.717, 1.165) is 47.8 Å². The van der Waals surface area contributed by atoms with Gasteiger partial charge < -0.3 is 14.2 Å². The molecule has 4 aromatic rings. The fourth-order valence-electron chi connectivity index (χ4n) is 4.99. The van der Waals surface area contributed by atoms with Crippen molar-refractivity contribution in [3.05, 3.63) is 83.6 Å². The van der Waals surface area contributed by atoms with Gasteiger partial charge in [-0.1, -0.05) is 18.6 Å². The minimum atomic E-state index is -0.879. The molecule has 0 saturated carbocycles. The summed E-state index contributed by atoms with van der Waals surface area (Å²) in [6.45, 7) is 0.384. The molecule has 0 bridgehead atoms. The second-order valence-corrected chi connectivity index (χ2v) is 8.41. The van der Waals surface area contributed by atoms with Crippen LogP contribution in [0.3, 0.4) is 0 Å². The molecule has 0 radical (unpaired) electrons. The summed E-state index contributed by atoms with van der Waals surface area (Å²) in [5, 5.41) is 10.1. The van der Waals surface area contributed by atoms with Gasteiger partial charge in [0.2, 0.25) is 0 Å². The monoisotopic (exact) mass is 435 g/mol. The number of hydrogen-bond donors (Lipinski definition) is 1. The largest absolute Gasteiger partial charge is 0.481 e. The standard InChI is InChI=1S/C25H23F2N3O2/c26-18-12-21-20-4-2-1-3-17(11-23(31)32)24(20)30(25(21)22(27)13-18)14-16-5-7-19(8-6-16)29-10-9-28-15-29/h5-10,12-13,15,17H,1-4,11,14H2,(H,31,32). The number of aromatic nitrogens is 3. The van der Waals surface area contributed by atoms with E-state index < -0.39 is 17.6 Å². The van der Waals surface area contributed by atoms with Gasteiger partial charge in [0.05, 0.1) is 18.3 Å². The third kappa shape index (κ3) is 3.68. The number of aryl methyl sites for hydroxylation is 1. The van der Waals surface area contributed by atoms with E-state index in [4.69, 9.17) is 0 Å². The second kappa shape index (κ2) is 8.22. The van der Waals surface area contributed by atoms with Crippen LogP contribution in [0.25, 0.3) is 16.6 Å². The molecule has 1 aliphatic carbocycles. The van der Waals surface area contributed by atoms with E-state index in [0.29, 0.717) is 23.9 Å². The van der Waals surface area contributed by atoms with E-state index in [2.05, 4.69) is 4.98 Å². The predicted molar refractivity (Wildman–Crippen MR) is 117 cm³/mol. The first-order valence-electron chi connectivity index (χ1n) is 10.8. The summed E-state index contributed by atoms with van der Waals surface area (Å²) < 4.78 is 33.0. The zero-order chi connectivity index (χ0) is 22.2. The average Bonchev–Trinajstić information content (AvgIpc) is 3.33. The number of rotatable bonds is 5. The molecular formula is C25H23F2N3O2.